The third-order valence-corrected chi connectivity index (χ3v) is 2.42. The highest BCUT2D eigenvalue weighted by Crippen LogP contribution is 2.32. The minimum absolute atomic E-state index is 0.640. The summed E-state index contributed by atoms with van der Waals surface area (Å²) >= 11 is 0. The van der Waals surface area contributed by atoms with Crippen LogP contribution in [-0.2, 0) is 0 Å². The molecule has 0 heterocycles. The molecule has 0 aliphatic rings. The molecule has 0 radical (unpaired) electrons. The van der Waals surface area contributed by atoms with Crippen molar-refractivity contribution in [2.75, 3.05) is 14.2 Å². The lowest BCUT2D eigenvalue weighted by Gasteiger charge is -2.05. The first kappa shape index (κ1) is 12.1. The van der Waals surface area contributed by atoms with Crippen LogP contribution in [0.25, 0.3) is 0 Å². The summed E-state index contributed by atoms with van der Waals surface area (Å²) in [6, 6.07) is 14.9. The Labute approximate surface area is 106 Å². The molecule has 2 aromatic carbocycles. The van der Waals surface area contributed by atoms with Crippen LogP contribution in [0, 0.1) is 0 Å². The van der Waals surface area contributed by atoms with Crippen LogP contribution in [0.1, 0.15) is 0 Å². The fourth-order valence-corrected chi connectivity index (χ4v) is 1.48. The van der Waals surface area contributed by atoms with Crippen molar-refractivity contribution in [3.8, 4) is 11.5 Å². The smallest absolute Gasteiger partial charge is 0.146 e. The number of hydrogen-bond acceptors (Lipinski definition) is 4. The fourth-order valence-electron chi connectivity index (χ4n) is 1.48. The zero-order valence-corrected chi connectivity index (χ0v) is 10.3. The second-order valence-corrected chi connectivity index (χ2v) is 3.57. The number of hydrogen-bond donors (Lipinski definition) is 0. The van der Waals surface area contributed by atoms with Crippen LogP contribution in [0.15, 0.2) is 58.8 Å². The van der Waals surface area contributed by atoms with Crippen molar-refractivity contribution < 1.29 is 9.47 Å². The van der Waals surface area contributed by atoms with E-state index in [1.165, 1.54) is 0 Å². The van der Waals surface area contributed by atoms with E-state index in [2.05, 4.69) is 10.2 Å². The lowest BCUT2D eigenvalue weighted by atomic mass is 10.3. The van der Waals surface area contributed by atoms with Crippen molar-refractivity contribution in [1.82, 2.24) is 0 Å². The van der Waals surface area contributed by atoms with Gasteiger partial charge in [0.05, 0.1) is 19.9 Å². The first-order chi connectivity index (χ1) is 8.83. The third-order valence-electron chi connectivity index (χ3n) is 2.42. The maximum atomic E-state index is 5.22. The maximum absolute atomic E-state index is 5.22. The van der Waals surface area contributed by atoms with Crippen LogP contribution >= 0.6 is 0 Å². The predicted octanol–water partition coefficient (Wildman–Crippen LogP) is 4.12. The molecule has 0 saturated heterocycles. The molecule has 0 atom stereocenters. The number of azo groups is 1. The molecule has 0 spiro atoms. The molecule has 0 saturated carbocycles. The summed E-state index contributed by atoms with van der Waals surface area (Å²) in [6.45, 7) is 0. The van der Waals surface area contributed by atoms with Gasteiger partial charge in [-0.2, -0.15) is 5.11 Å². The quantitative estimate of drug-likeness (QED) is 0.757. The molecular formula is C14H14N2O2. The van der Waals surface area contributed by atoms with Crippen molar-refractivity contribution in [2.24, 2.45) is 10.2 Å². The molecule has 0 fully saturated rings. The van der Waals surface area contributed by atoms with E-state index in [-0.39, 0.29) is 0 Å². The number of benzene rings is 2. The Morgan fingerprint density at radius 1 is 0.833 bits per heavy atom. The standard InChI is InChI=1S/C14H14N2O2/c1-17-12-8-9-14(18-2)13(10-12)16-15-11-6-4-3-5-7-11/h3-10H,1-2H3. The van der Waals surface area contributed by atoms with Gasteiger partial charge in [-0.15, -0.1) is 5.11 Å². The third kappa shape index (κ3) is 2.85. The van der Waals surface area contributed by atoms with E-state index in [0.29, 0.717) is 11.4 Å². The van der Waals surface area contributed by atoms with Gasteiger partial charge in [-0.25, -0.2) is 0 Å². The van der Waals surface area contributed by atoms with Crippen molar-refractivity contribution in [2.45, 2.75) is 0 Å². The van der Waals surface area contributed by atoms with E-state index in [9.17, 15) is 0 Å². The Morgan fingerprint density at radius 2 is 1.61 bits per heavy atom. The van der Waals surface area contributed by atoms with Gasteiger partial charge in [-0.05, 0) is 24.3 Å². The van der Waals surface area contributed by atoms with Gasteiger partial charge in [-0.3, -0.25) is 0 Å². The summed E-state index contributed by atoms with van der Waals surface area (Å²) in [5, 5.41) is 8.33. The van der Waals surface area contributed by atoms with E-state index in [4.69, 9.17) is 9.47 Å². The van der Waals surface area contributed by atoms with Gasteiger partial charge < -0.3 is 9.47 Å². The summed E-state index contributed by atoms with van der Waals surface area (Å²) in [5.74, 6) is 1.38. The monoisotopic (exact) mass is 242 g/mol. The topological polar surface area (TPSA) is 43.2 Å². The van der Waals surface area contributed by atoms with Crippen molar-refractivity contribution in [1.29, 1.82) is 0 Å². The lowest BCUT2D eigenvalue weighted by Crippen LogP contribution is -1.86. The molecular weight excluding hydrogens is 228 g/mol. The van der Waals surface area contributed by atoms with Crippen LogP contribution in [0.4, 0.5) is 11.4 Å². The van der Waals surface area contributed by atoms with E-state index < -0.39 is 0 Å². The zero-order valence-electron chi connectivity index (χ0n) is 10.3. The Morgan fingerprint density at radius 3 is 2.28 bits per heavy atom. The molecule has 0 aliphatic heterocycles. The van der Waals surface area contributed by atoms with E-state index in [0.717, 1.165) is 11.4 Å². The molecule has 4 nitrogen and oxygen atoms in total. The van der Waals surface area contributed by atoms with Crippen LogP contribution in [0.2, 0.25) is 0 Å². The summed E-state index contributed by atoms with van der Waals surface area (Å²) in [4.78, 5) is 0. The van der Waals surface area contributed by atoms with Gasteiger partial charge in [0.15, 0.2) is 0 Å². The van der Waals surface area contributed by atoms with Gasteiger partial charge in [-0.1, -0.05) is 18.2 Å². The summed E-state index contributed by atoms with van der Waals surface area (Å²) < 4.78 is 10.4. The van der Waals surface area contributed by atoms with Gasteiger partial charge in [0.2, 0.25) is 0 Å². The van der Waals surface area contributed by atoms with E-state index in [1.54, 1.807) is 26.4 Å². The molecule has 0 unspecified atom stereocenters. The highest BCUT2D eigenvalue weighted by Gasteiger charge is 2.03. The minimum Gasteiger partial charge on any atom is -0.497 e. The van der Waals surface area contributed by atoms with Crippen molar-refractivity contribution in [3.05, 3.63) is 48.5 Å². The number of ether oxygens (including phenoxy) is 2. The Hall–Kier alpha value is -2.36. The van der Waals surface area contributed by atoms with Crippen LogP contribution in [0.5, 0.6) is 11.5 Å². The Balaban J connectivity index is 2.30. The lowest BCUT2D eigenvalue weighted by molar-refractivity contribution is 0.404. The van der Waals surface area contributed by atoms with E-state index >= 15 is 0 Å². The van der Waals surface area contributed by atoms with Crippen LogP contribution in [0.3, 0.4) is 0 Å². The molecule has 0 amide bonds. The molecule has 92 valence electrons. The second kappa shape index (κ2) is 5.82. The number of methoxy groups -OCH3 is 2. The molecule has 18 heavy (non-hydrogen) atoms. The summed E-state index contributed by atoms with van der Waals surface area (Å²) in [7, 11) is 3.21. The van der Waals surface area contributed by atoms with Crippen molar-refractivity contribution >= 4 is 11.4 Å². The Bertz CT molecular complexity index is 539. The highest BCUT2D eigenvalue weighted by atomic mass is 16.5. The maximum Gasteiger partial charge on any atom is 0.146 e. The average Bonchev–Trinajstić information content (AvgIpc) is 2.45. The zero-order chi connectivity index (χ0) is 12.8. The molecule has 2 aromatic rings. The van der Waals surface area contributed by atoms with E-state index in [1.807, 2.05) is 36.4 Å². The average molecular weight is 242 g/mol. The molecule has 0 N–H and O–H groups in total. The Kier molecular flexibility index (Phi) is 3.91. The van der Waals surface area contributed by atoms with Gasteiger partial charge in [0, 0.05) is 6.07 Å². The first-order valence-electron chi connectivity index (χ1n) is 5.52. The van der Waals surface area contributed by atoms with Gasteiger partial charge >= 0.3 is 0 Å². The number of nitrogens with zero attached hydrogens (tertiary/aromatic N) is 2. The SMILES string of the molecule is COc1ccc(OC)c(N=Nc2ccccc2)c1. The van der Waals surface area contributed by atoms with Gasteiger partial charge in [0.1, 0.15) is 17.2 Å². The second-order valence-electron chi connectivity index (χ2n) is 3.57. The summed E-state index contributed by atoms with van der Waals surface area (Å²) in [6.07, 6.45) is 0. The number of rotatable bonds is 4. The molecule has 0 aromatic heterocycles. The molecule has 0 aliphatic carbocycles. The van der Waals surface area contributed by atoms with Crippen LogP contribution < -0.4 is 9.47 Å². The molecule has 4 heteroatoms. The largest absolute Gasteiger partial charge is 0.497 e. The highest BCUT2D eigenvalue weighted by molar-refractivity contribution is 5.55. The fraction of sp³-hybridized carbons (Fsp3) is 0.143. The molecule has 2 rings (SSSR count). The van der Waals surface area contributed by atoms with Crippen molar-refractivity contribution in [3.63, 3.8) is 0 Å². The summed E-state index contributed by atoms with van der Waals surface area (Å²) in [5.41, 5.74) is 1.43. The minimum atomic E-state index is 0.640. The normalized spacial score (nSPS) is 10.6. The molecule has 0 bridgehead atoms. The predicted molar refractivity (Wildman–Crippen MR) is 70.2 cm³/mol. The van der Waals surface area contributed by atoms with Gasteiger partial charge in [0.25, 0.3) is 0 Å². The first-order valence-corrected chi connectivity index (χ1v) is 5.52. The van der Waals surface area contributed by atoms with Crippen LogP contribution in [-0.4, -0.2) is 14.2 Å².